The van der Waals surface area contributed by atoms with Crippen molar-refractivity contribution < 1.29 is 21.6 Å². The predicted octanol–water partition coefficient (Wildman–Crippen LogP) is 2.95. The maximum Gasteiger partial charge on any atom is 0.265 e. The van der Waals surface area contributed by atoms with Crippen molar-refractivity contribution in [2.75, 3.05) is 4.72 Å². The Kier molecular flexibility index (Phi) is 3.87. The van der Waals surface area contributed by atoms with Gasteiger partial charge in [-0.1, -0.05) is 11.6 Å². The first-order valence-corrected chi connectivity index (χ1v) is 6.96. The van der Waals surface area contributed by atoms with E-state index in [9.17, 15) is 21.6 Å². The molecule has 0 radical (unpaired) electrons. The molecule has 106 valence electrons. The van der Waals surface area contributed by atoms with Gasteiger partial charge in [0.2, 0.25) is 0 Å². The fourth-order valence-electron chi connectivity index (χ4n) is 1.38. The van der Waals surface area contributed by atoms with Crippen molar-refractivity contribution in [3.05, 3.63) is 53.1 Å². The van der Waals surface area contributed by atoms with Gasteiger partial charge >= 0.3 is 0 Å². The maximum atomic E-state index is 13.5. The fraction of sp³-hybridized carbons (Fsp3) is 0. The summed E-state index contributed by atoms with van der Waals surface area (Å²) in [6, 6.07) is 3.80. The number of nitrogens with zero attached hydrogens (tertiary/aromatic N) is 1. The van der Waals surface area contributed by atoms with Crippen molar-refractivity contribution in [2.24, 2.45) is 0 Å². The molecular weight excluding hydrogens is 317 g/mol. The lowest BCUT2D eigenvalue weighted by atomic mass is 10.3. The van der Waals surface area contributed by atoms with Gasteiger partial charge in [-0.2, -0.15) is 0 Å². The molecule has 2 rings (SSSR count). The number of benzene rings is 1. The van der Waals surface area contributed by atoms with E-state index in [2.05, 4.69) is 4.98 Å². The Morgan fingerprint density at radius 1 is 1.10 bits per heavy atom. The number of halogens is 4. The van der Waals surface area contributed by atoms with Crippen LogP contribution < -0.4 is 4.72 Å². The van der Waals surface area contributed by atoms with E-state index in [4.69, 9.17) is 11.6 Å². The molecule has 1 aromatic heterocycles. The number of hydrogen-bond donors (Lipinski definition) is 1. The quantitative estimate of drug-likeness (QED) is 0.698. The molecule has 0 aliphatic heterocycles. The monoisotopic (exact) mass is 322 g/mol. The van der Waals surface area contributed by atoms with Crippen LogP contribution in [0.5, 0.6) is 0 Å². The number of anilines is 1. The zero-order chi connectivity index (χ0) is 14.9. The molecule has 0 saturated heterocycles. The standard InChI is InChI=1S/C11H6ClF3N2O2S/c12-11-7(2-1-5-16-11)17-20(18,19)8-4-3-6(13)9(14)10(8)15/h1-5,17H. The van der Waals surface area contributed by atoms with Crippen molar-refractivity contribution in [2.45, 2.75) is 4.90 Å². The summed E-state index contributed by atoms with van der Waals surface area (Å²) >= 11 is 5.65. The summed E-state index contributed by atoms with van der Waals surface area (Å²) in [7, 11) is -4.46. The summed E-state index contributed by atoms with van der Waals surface area (Å²) in [5.74, 6) is -5.16. The lowest BCUT2D eigenvalue weighted by Gasteiger charge is -2.10. The van der Waals surface area contributed by atoms with E-state index < -0.39 is 32.4 Å². The molecule has 0 saturated carbocycles. The summed E-state index contributed by atoms with van der Waals surface area (Å²) < 4.78 is 65.1. The minimum atomic E-state index is -4.46. The van der Waals surface area contributed by atoms with Crippen molar-refractivity contribution in [1.82, 2.24) is 4.98 Å². The van der Waals surface area contributed by atoms with Crippen LogP contribution in [0.3, 0.4) is 0 Å². The average molecular weight is 323 g/mol. The van der Waals surface area contributed by atoms with Gasteiger partial charge in [0.25, 0.3) is 10.0 Å². The Bertz CT molecular complexity index is 768. The van der Waals surface area contributed by atoms with Crippen molar-refractivity contribution in [3.63, 3.8) is 0 Å². The van der Waals surface area contributed by atoms with Crippen molar-refractivity contribution in [3.8, 4) is 0 Å². The number of aromatic nitrogens is 1. The second-order valence-corrected chi connectivity index (χ2v) is 5.63. The molecule has 4 nitrogen and oxygen atoms in total. The topological polar surface area (TPSA) is 59.1 Å². The number of rotatable bonds is 3. The van der Waals surface area contributed by atoms with Crippen molar-refractivity contribution in [1.29, 1.82) is 0 Å². The second kappa shape index (κ2) is 5.29. The van der Waals surface area contributed by atoms with Gasteiger partial charge in [0.15, 0.2) is 22.6 Å². The first-order valence-electron chi connectivity index (χ1n) is 5.10. The van der Waals surface area contributed by atoms with Gasteiger partial charge in [-0.15, -0.1) is 0 Å². The molecule has 0 amide bonds. The number of pyridine rings is 1. The largest absolute Gasteiger partial charge is 0.276 e. The van der Waals surface area contributed by atoms with Crippen LogP contribution in [0.1, 0.15) is 0 Å². The second-order valence-electron chi connectivity index (χ2n) is 3.62. The van der Waals surface area contributed by atoms with Crippen LogP contribution in [0.4, 0.5) is 18.9 Å². The Hall–Kier alpha value is -1.80. The van der Waals surface area contributed by atoms with E-state index in [1.165, 1.54) is 18.3 Å². The Morgan fingerprint density at radius 2 is 1.80 bits per heavy atom. The molecule has 0 aliphatic rings. The molecule has 1 N–H and O–H groups in total. The summed E-state index contributed by atoms with van der Waals surface area (Å²) in [6.07, 6.45) is 1.32. The molecular formula is C11H6ClF3N2O2S. The lowest BCUT2D eigenvalue weighted by molar-refractivity contribution is 0.432. The summed E-state index contributed by atoms with van der Waals surface area (Å²) in [6.45, 7) is 0. The highest BCUT2D eigenvalue weighted by atomic mass is 35.5. The van der Waals surface area contributed by atoms with E-state index in [1.807, 2.05) is 4.72 Å². The molecule has 0 unspecified atom stereocenters. The third-order valence-corrected chi connectivity index (χ3v) is 3.98. The number of nitrogens with one attached hydrogen (secondary N) is 1. The molecule has 1 aromatic carbocycles. The summed E-state index contributed by atoms with van der Waals surface area (Å²) in [5, 5.41) is -0.168. The molecule has 20 heavy (non-hydrogen) atoms. The SMILES string of the molecule is O=S(=O)(Nc1cccnc1Cl)c1ccc(F)c(F)c1F. The third-order valence-electron chi connectivity index (χ3n) is 2.29. The Balaban J connectivity index is 2.47. The van der Waals surface area contributed by atoms with E-state index in [0.717, 1.165) is 0 Å². The van der Waals surface area contributed by atoms with Crippen LogP contribution in [0, 0.1) is 17.5 Å². The molecule has 2 aromatic rings. The minimum Gasteiger partial charge on any atom is -0.276 e. The Morgan fingerprint density at radius 3 is 2.45 bits per heavy atom. The number of sulfonamides is 1. The predicted molar refractivity (Wildman–Crippen MR) is 66.4 cm³/mol. The first-order chi connectivity index (χ1) is 9.33. The van der Waals surface area contributed by atoms with Gasteiger partial charge in [-0.25, -0.2) is 26.6 Å². The molecule has 1 heterocycles. The summed E-state index contributed by atoms with van der Waals surface area (Å²) in [4.78, 5) is 2.59. The normalized spacial score (nSPS) is 11.4. The van der Waals surface area contributed by atoms with Gasteiger partial charge in [0, 0.05) is 6.20 Å². The third kappa shape index (κ3) is 2.70. The van der Waals surface area contributed by atoms with E-state index >= 15 is 0 Å². The molecule has 9 heteroatoms. The molecule has 0 fully saturated rings. The smallest absolute Gasteiger partial charge is 0.265 e. The molecule has 0 aliphatic carbocycles. The summed E-state index contributed by atoms with van der Waals surface area (Å²) in [5.41, 5.74) is -0.113. The first kappa shape index (κ1) is 14.6. The van der Waals surface area contributed by atoms with Crippen LogP contribution in [0.15, 0.2) is 35.4 Å². The highest BCUT2D eigenvalue weighted by Crippen LogP contribution is 2.25. The van der Waals surface area contributed by atoms with Crippen molar-refractivity contribution >= 4 is 27.3 Å². The highest BCUT2D eigenvalue weighted by molar-refractivity contribution is 7.92. The molecule has 0 atom stereocenters. The Labute approximate surface area is 117 Å². The van der Waals surface area contributed by atoms with Gasteiger partial charge in [0.1, 0.15) is 4.90 Å². The van der Waals surface area contributed by atoms with Crippen LogP contribution >= 0.6 is 11.6 Å². The van der Waals surface area contributed by atoms with Gasteiger partial charge < -0.3 is 0 Å². The average Bonchev–Trinajstić information content (AvgIpc) is 2.38. The fourth-order valence-corrected chi connectivity index (χ4v) is 2.74. The zero-order valence-electron chi connectivity index (χ0n) is 9.57. The van der Waals surface area contributed by atoms with E-state index in [-0.39, 0.29) is 10.8 Å². The minimum absolute atomic E-state index is 0.113. The lowest BCUT2D eigenvalue weighted by Crippen LogP contribution is -2.16. The van der Waals surface area contributed by atoms with Gasteiger partial charge in [0.05, 0.1) is 5.69 Å². The van der Waals surface area contributed by atoms with Crippen LogP contribution in [0.2, 0.25) is 5.15 Å². The van der Waals surface area contributed by atoms with Crippen LogP contribution in [-0.4, -0.2) is 13.4 Å². The van der Waals surface area contributed by atoms with Crippen LogP contribution in [-0.2, 0) is 10.0 Å². The van der Waals surface area contributed by atoms with Gasteiger partial charge in [-0.05, 0) is 24.3 Å². The van der Waals surface area contributed by atoms with Gasteiger partial charge in [-0.3, -0.25) is 4.72 Å². The van der Waals surface area contributed by atoms with Crippen LogP contribution in [0.25, 0.3) is 0 Å². The number of hydrogen-bond acceptors (Lipinski definition) is 3. The highest BCUT2D eigenvalue weighted by Gasteiger charge is 2.24. The maximum absolute atomic E-state index is 13.5. The molecule has 0 bridgehead atoms. The zero-order valence-corrected chi connectivity index (χ0v) is 11.1. The van der Waals surface area contributed by atoms with E-state index in [1.54, 1.807) is 0 Å². The molecule has 0 spiro atoms. The van der Waals surface area contributed by atoms with E-state index in [0.29, 0.717) is 12.1 Å².